The second kappa shape index (κ2) is 4.72. The average molecular weight is 227 g/mol. The van der Waals surface area contributed by atoms with Crippen LogP contribution in [0.15, 0.2) is 0 Å². The second-order valence-corrected chi connectivity index (χ2v) is 4.96. The molecule has 1 saturated carbocycles. The van der Waals surface area contributed by atoms with Crippen LogP contribution >= 0.6 is 0 Å². The van der Waals surface area contributed by atoms with Crippen LogP contribution < -0.4 is 5.32 Å². The fraction of sp³-hybridized carbons (Fsp3) is 0.917. The molecule has 1 heterocycles. The smallest absolute Gasteiger partial charge is 0.325 e. The summed E-state index contributed by atoms with van der Waals surface area (Å²) in [4.78, 5) is 11.6. The molecule has 4 heteroatoms. The molecule has 2 aliphatic rings. The van der Waals surface area contributed by atoms with Crippen LogP contribution in [0.2, 0.25) is 0 Å². The summed E-state index contributed by atoms with van der Waals surface area (Å²) >= 11 is 0. The Morgan fingerprint density at radius 2 is 2.44 bits per heavy atom. The van der Waals surface area contributed by atoms with E-state index in [9.17, 15) is 4.79 Å². The van der Waals surface area contributed by atoms with Gasteiger partial charge in [0.15, 0.2) is 0 Å². The molecule has 0 aromatic heterocycles. The van der Waals surface area contributed by atoms with Gasteiger partial charge in [-0.05, 0) is 32.1 Å². The Hall–Kier alpha value is -0.610. The van der Waals surface area contributed by atoms with Crippen LogP contribution in [0.25, 0.3) is 0 Å². The third-order valence-electron chi connectivity index (χ3n) is 3.49. The molecule has 3 unspecified atom stereocenters. The summed E-state index contributed by atoms with van der Waals surface area (Å²) in [6.45, 7) is 4.95. The fourth-order valence-corrected chi connectivity index (χ4v) is 2.78. The average Bonchev–Trinajstić information content (AvgIpc) is 2.62. The number of carbonyl (C=O) groups excluding carboxylic acids is 1. The minimum atomic E-state index is -0.273. The number of esters is 1. The van der Waals surface area contributed by atoms with Gasteiger partial charge in [-0.2, -0.15) is 0 Å². The number of ether oxygens (including phenoxy) is 2. The number of rotatable bonds is 2. The first kappa shape index (κ1) is 11.9. The highest BCUT2D eigenvalue weighted by Crippen LogP contribution is 2.36. The van der Waals surface area contributed by atoms with Crippen LogP contribution in [0, 0.1) is 5.92 Å². The summed E-state index contributed by atoms with van der Waals surface area (Å²) in [5, 5.41) is 3.32. The van der Waals surface area contributed by atoms with Gasteiger partial charge in [-0.15, -0.1) is 0 Å². The lowest BCUT2D eigenvalue weighted by atomic mass is 9.84. The molecule has 2 fully saturated rings. The van der Waals surface area contributed by atoms with E-state index in [-0.39, 0.29) is 17.7 Å². The molecule has 16 heavy (non-hydrogen) atoms. The van der Waals surface area contributed by atoms with Gasteiger partial charge >= 0.3 is 5.97 Å². The molecule has 0 radical (unpaired) electrons. The molecule has 4 nitrogen and oxygen atoms in total. The van der Waals surface area contributed by atoms with Gasteiger partial charge in [0, 0.05) is 0 Å². The van der Waals surface area contributed by atoms with Crippen LogP contribution in [0.4, 0.5) is 0 Å². The Bertz CT molecular complexity index is 269. The Balaban J connectivity index is 1.93. The largest absolute Gasteiger partial charge is 0.465 e. The number of hydrogen-bond donors (Lipinski definition) is 1. The maximum atomic E-state index is 11.6. The van der Waals surface area contributed by atoms with Crippen molar-refractivity contribution in [3.8, 4) is 0 Å². The second-order valence-electron chi connectivity index (χ2n) is 4.96. The lowest BCUT2D eigenvalue weighted by molar-refractivity contribution is -0.145. The van der Waals surface area contributed by atoms with E-state index in [2.05, 4.69) is 12.2 Å². The number of nitrogens with one attached hydrogen (secondary N) is 1. The maximum Gasteiger partial charge on any atom is 0.325 e. The maximum absolute atomic E-state index is 11.6. The van der Waals surface area contributed by atoms with Gasteiger partial charge in [-0.3, -0.25) is 10.1 Å². The lowest BCUT2D eigenvalue weighted by Crippen LogP contribution is -2.49. The van der Waals surface area contributed by atoms with Crippen LogP contribution in [0.3, 0.4) is 0 Å². The first-order chi connectivity index (χ1) is 7.65. The molecular formula is C12H21NO3. The molecular weight excluding hydrogens is 206 g/mol. The van der Waals surface area contributed by atoms with Gasteiger partial charge in [0.2, 0.25) is 0 Å². The van der Waals surface area contributed by atoms with E-state index in [1.165, 1.54) is 12.8 Å². The monoisotopic (exact) mass is 227 g/mol. The van der Waals surface area contributed by atoms with Crippen molar-refractivity contribution in [2.75, 3.05) is 13.2 Å². The molecule has 0 amide bonds. The highest BCUT2D eigenvalue weighted by molar-refractivity contribution is 5.76. The summed E-state index contributed by atoms with van der Waals surface area (Å²) in [5.74, 6) is 0.486. The minimum absolute atomic E-state index is 0.183. The molecule has 1 N–H and O–H groups in total. The van der Waals surface area contributed by atoms with Gasteiger partial charge < -0.3 is 9.47 Å². The predicted octanol–water partition coefficient (Wildman–Crippen LogP) is 1.44. The van der Waals surface area contributed by atoms with Crippen LogP contribution in [0.5, 0.6) is 0 Å². The van der Waals surface area contributed by atoms with Gasteiger partial charge in [0.1, 0.15) is 11.8 Å². The van der Waals surface area contributed by atoms with Gasteiger partial charge in [0.25, 0.3) is 0 Å². The van der Waals surface area contributed by atoms with Crippen molar-refractivity contribution >= 4 is 5.97 Å². The van der Waals surface area contributed by atoms with Crippen molar-refractivity contribution in [1.82, 2.24) is 5.32 Å². The van der Waals surface area contributed by atoms with Crippen molar-refractivity contribution in [2.24, 2.45) is 5.92 Å². The van der Waals surface area contributed by atoms with Crippen molar-refractivity contribution in [3.63, 3.8) is 0 Å². The topological polar surface area (TPSA) is 47.6 Å². The Morgan fingerprint density at radius 1 is 1.62 bits per heavy atom. The highest BCUT2D eigenvalue weighted by Gasteiger charge is 2.44. The standard InChI is InChI=1S/C12H21NO3/c1-3-15-11(14)10-8-16-12(13-10)6-4-5-9(2)7-12/h9-10,13H,3-8H2,1-2H3. The fourth-order valence-electron chi connectivity index (χ4n) is 2.78. The predicted molar refractivity (Wildman–Crippen MR) is 59.9 cm³/mol. The van der Waals surface area contributed by atoms with Crippen molar-refractivity contribution < 1.29 is 14.3 Å². The van der Waals surface area contributed by atoms with Crippen molar-refractivity contribution in [1.29, 1.82) is 0 Å². The number of hydrogen-bond acceptors (Lipinski definition) is 4. The molecule has 1 spiro atoms. The van der Waals surface area contributed by atoms with E-state index in [1.54, 1.807) is 0 Å². The summed E-state index contributed by atoms with van der Waals surface area (Å²) in [6.07, 6.45) is 4.44. The SMILES string of the molecule is CCOC(=O)C1COC2(CCCC(C)C2)N1. The lowest BCUT2D eigenvalue weighted by Gasteiger charge is -2.36. The molecule has 1 aliphatic heterocycles. The van der Waals surface area contributed by atoms with E-state index in [4.69, 9.17) is 9.47 Å². The van der Waals surface area contributed by atoms with E-state index >= 15 is 0 Å². The summed E-state index contributed by atoms with van der Waals surface area (Å²) in [7, 11) is 0. The quantitative estimate of drug-likeness (QED) is 0.725. The van der Waals surface area contributed by atoms with E-state index in [1.807, 2.05) is 6.92 Å². The van der Waals surface area contributed by atoms with Gasteiger partial charge in [0.05, 0.1) is 13.2 Å². The molecule has 0 bridgehead atoms. The highest BCUT2D eigenvalue weighted by atomic mass is 16.6. The van der Waals surface area contributed by atoms with Crippen LogP contribution in [-0.2, 0) is 14.3 Å². The van der Waals surface area contributed by atoms with Crippen LogP contribution in [0.1, 0.15) is 39.5 Å². The Kier molecular flexibility index (Phi) is 3.50. The van der Waals surface area contributed by atoms with E-state index in [0.29, 0.717) is 19.1 Å². The number of carbonyl (C=O) groups is 1. The molecule has 3 atom stereocenters. The Labute approximate surface area is 96.7 Å². The van der Waals surface area contributed by atoms with E-state index < -0.39 is 0 Å². The molecule has 92 valence electrons. The summed E-state index contributed by atoms with van der Waals surface area (Å²) in [6, 6.07) is -0.273. The summed E-state index contributed by atoms with van der Waals surface area (Å²) in [5.41, 5.74) is -0.255. The third-order valence-corrected chi connectivity index (χ3v) is 3.49. The zero-order valence-electron chi connectivity index (χ0n) is 10.1. The Morgan fingerprint density at radius 3 is 3.12 bits per heavy atom. The molecule has 2 rings (SSSR count). The normalized spacial score (nSPS) is 38.9. The first-order valence-electron chi connectivity index (χ1n) is 6.23. The van der Waals surface area contributed by atoms with Gasteiger partial charge in [-0.1, -0.05) is 13.3 Å². The van der Waals surface area contributed by atoms with Gasteiger partial charge in [-0.25, -0.2) is 0 Å². The minimum Gasteiger partial charge on any atom is -0.465 e. The molecule has 0 aromatic rings. The molecule has 1 aliphatic carbocycles. The van der Waals surface area contributed by atoms with E-state index in [0.717, 1.165) is 12.8 Å². The van der Waals surface area contributed by atoms with Crippen molar-refractivity contribution in [3.05, 3.63) is 0 Å². The zero-order valence-corrected chi connectivity index (χ0v) is 10.1. The van der Waals surface area contributed by atoms with Crippen molar-refractivity contribution in [2.45, 2.75) is 51.3 Å². The van der Waals surface area contributed by atoms with Crippen LogP contribution in [-0.4, -0.2) is 30.9 Å². The zero-order chi connectivity index (χ0) is 11.6. The molecule has 1 saturated heterocycles. The third kappa shape index (κ3) is 2.38. The first-order valence-corrected chi connectivity index (χ1v) is 6.23. The molecule has 0 aromatic carbocycles. The summed E-state index contributed by atoms with van der Waals surface area (Å²) < 4.78 is 10.8.